The van der Waals surface area contributed by atoms with Gasteiger partial charge in [-0.1, -0.05) is 35.9 Å². The van der Waals surface area contributed by atoms with Gasteiger partial charge in [-0.15, -0.1) is 0 Å². The van der Waals surface area contributed by atoms with Crippen molar-refractivity contribution in [2.24, 2.45) is 0 Å². The maximum Gasteiger partial charge on any atom is 0.321 e. The molecular formula is C25H24ClN3O7S. The van der Waals surface area contributed by atoms with Gasteiger partial charge in [0.2, 0.25) is 10.0 Å². The summed E-state index contributed by atoms with van der Waals surface area (Å²) in [5, 5.41) is 23.6. The van der Waals surface area contributed by atoms with Crippen LogP contribution < -0.4 is 10.0 Å². The number of nitrogens with zero attached hydrogens (tertiary/aromatic N) is 1. The van der Waals surface area contributed by atoms with E-state index in [-0.39, 0.29) is 35.5 Å². The number of nitro groups is 1. The molecule has 0 fully saturated rings. The van der Waals surface area contributed by atoms with Crippen LogP contribution in [0.5, 0.6) is 0 Å². The summed E-state index contributed by atoms with van der Waals surface area (Å²) in [6, 6.07) is 15.6. The number of carbonyl (C=O) groups is 2. The van der Waals surface area contributed by atoms with Gasteiger partial charge in [-0.2, -0.15) is 4.72 Å². The number of rotatable bonds is 11. The number of hydrogen-bond acceptors (Lipinski definition) is 6. The Balaban J connectivity index is 1.57. The van der Waals surface area contributed by atoms with Gasteiger partial charge in [0, 0.05) is 28.8 Å². The lowest BCUT2D eigenvalue weighted by atomic mass is 10.1. The Labute approximate surface area is 218 Å². The fourth-order valence-corrected chi connectivity index (χ4v) is 4.92. The predicted octanol–water partition coefficient (Wildman–Crippen LogP) is 4.17. The van der Waals surface area contributed by atoms with E-state index in [0.717, 1.165) is 11.1 Å². The highest BCUT2D eigenvalue weighted by Gasteiger charge is 2.25. The number of carboxylic acid groups (broad SMARTS) is 1. The van der Waals surface area contributed by atoms with Crippen molar-refractivity contribution in [2.45, 2.75) is 30.7 Å². The summed E-state index contributed by atoms with van der Waals surface area (Å²) in [5.74, 6) is -1.83. The standard InChI is InChI=1S/C25H24ClN3O7S/c1-16-15-19(8-13-23(16)29(33)34)24(30)27-14-2-3-22(25(31)32)28-37(35,36)21-11-6-18(7-12-21)17-4-9-20(26)10-5-17/h4-13,15,22,28H,2-3,14H2,1H3,(H,27,30)(H,31,32)/t22-/m0/s1. The molecule has 0 aliphatic heterocycles. The summed E-state index contributed by atoms with van der Waals surface area (Å²) in [6.45, 7) is 1.60. The Hall–Kier alpha value is -3.80. The average molecular weight is 546 g/mol. The zero-order valence-corrected chi connectivity index (χ0v) is 21.3. The zero-order chi connectivity index (χ0) is 27.2. The van der Waals surface area contributed by atoms with Crippen molar-refractivity contribution in [2.75, 3.05) is 6.54 Å². The van der Waals surface area contributed by atoms with E-state index in [0.29, 0.717) is 10.6 Å². The highest BCUT2D eigenvalue weighted by Crippen LogP contribution is 2.23. The van der Waals surface area contributed by atoms with Crippen molar-refractivity contribution >= 4 is 39.2 Å². The molecule has 1 amide bonds. The largest absolute Gasteiger partial charge is 0.480 e. The highest BCUT2D eigenvalue weighted by molar-refractivity contribution is 7.89. The summed E-state index contributed by atoms with van der Waals surface area (Å²) < 4.78 is 27.7. The van der Waals surface area contributed by atoms with Crippen molar-refractivity contribution in [3.8, 4) is 11.1 Å². The van der Waals surface area contributed by atoms with Gasteiger partial charge in [0.25, 0.3) is 11.6 Å². The van der Waals surface area contributed by atoms with Crippen molar-refractivity contribution in [1.82, 2.24) is 10.0 Å². The van der Waals surface area contributed by atoms with Gasteiger partial charge in [0.15, 0.2) is 0 Å². The fourth-order valence-electron chi connectivity index (χ4n) is 3.57. The number of carbonyl (C=O) groups excluding carboxylic acids is 1. The van der Waals surface area contributed by atoms with Gasteiger partial charge in [-0.05, 0) is 67.3 Å². The molecule has 0 aliphatic carbocycles. The molecule has 3 aromatic rings. The van der Waals surface area contributed by atoms with Crippen LogP contribution in [0.15, 0.2) is 71.6 Å². The molecule has 37 heavy (non-hydrogen) atoms. The molecular weight excluding hydrogens is 522 g/mol. The lowest BCUT2D eigenvalue weighted by Crippen LogP contribution is -2.41. The molecule has 3 N–H and O–H groups in total. The van der Waals surface area contributed by atoms with Crippen molar-refractivity contribution in [3.63, 3.8) is 0 Å². The second kappa shape index (κ2) is 12.0. The van der Waals surface area contributed by atoms with E-state index < -0.39 is 32.9 Å². The summed E-state index contributed by atoms with van der Waals surface area (Å²) in [7, 11) is -4.12. The quantitative estimate of drug-likeness (QED) is 0.185. The SMILES string of the molecule is Cc1cc(C(=O)NCCC[C@H](NS(=O)(=O)c2ccc(-c3ccc(Cl)cc3)cc2)C(=O)O)ccc1[N+](=O)[O-]. The molecule has 3 rings (SSSR count). The molecule has 12 heteroatoms. The highest BCUT2D eigenvalue weighted by atomic mass is 35.5. The molecule has 0 saturated carbocycles. The van der Waals surface area contributed by atoms with Crippen molar-refractivity contribution in [1.29, 1.82) is 0 Å². The first-order valence-electron chi connectivity index (χ1n) is 11.1. The minimum atomic E-state index is -4.12. The number of nitro benzene ring substituents is 1. The molecule has 0 unspecified atom stereocenters. The van der Waals surface area contributed by atoms with Crippen LogP contribution in [0, 0.1) is 17.0 Å². The van der Waals surface area contributed by atoms with Gasteiger partial charge in [-0.25, -0.2) is 8.42 Å². The van der Waals surface area contributed by atoms with Crippen LogP contribution in [0.4, 0.5) is 5.69 Å². The average Bonchev–Trinajstić information content (AvgIpc) is 2.85. The molecule has 0 saturated heterocycles. The number of amides is 1. The van der Waals surface area contributed by atoms with E-state index in [4.69, 9.17) is 11.6 Å². The molecule has 0 aliphatic rings. The summed E-state index contributed by atoms with van der Waals surface area (Å²) in [5.41, 5.74) is 2.06. The van der Waals surface area contributed by atoms with Crippen LogP contribution in [-0.2, 0) is 14.8 Å². The Morgan fingerprint density at radius 1 is 1.03 bits per heavy atom. The molecule has 0 radical (unpaired) electrons. The minimum absolute atomic E-state index is 0.0724. The predicted molar refractivity (Wildman–Crippen MR) is 138 cm³/mol. The van der Waals surface area contributed by atoms with Gasteiger partial charge in [-0.3, -0.25) is 19.7 Å². The normalized spacial score (nSPS) is 12.1. The van der Waals surface area contributed by atoms with Crippen LogP contribution >= 0.6 is 11.6 Å². The van der Waals surface area contributed by atoms with E-state index in [1.165, 1.54) is 37.3 Å². The number of aryl methyl sites for hydroxylation is 1. The molecule has 0 bridgehead atoms. The van der Waals surface area contributed by atoms with Crippen molar-refractivity contribution in [3.05, 3.63) is 93.0 Å². The van der Waals surface area contributed by atoms with Crippen LogP contribution in [0.25, 0.3) is 11.1 Å². The first kappa shape index (κ1) is 27.8. The van der Waals surface area contributed by atoms with E-state index >= 15 is 0 Å². The van der Waals surface area contributed by atoms with E-state index in [1.54, 1.807) is 36.4 Å². The topological polar surface area (TPSA) is 156 Å². The van der Waals surface area contributed by atoms with E-state index in [9.17, 15) is 33.2 Å². The molecule has 194 valence electrons. The third kappa shape index (κ3) is 7.35. The Kier molecular flexibility index (Phi) is 8.98. The lowest BCUT2D eigenvalue weighted by Gasteiger charge is -2.15. The molecule has 10 nitrogen and oxygen atoms in total. The third-order valence-corrected chi connectivity index (χ3v) is 7.29. The van der Waals surface area contributed by atoms with Crippen LogP contribution in [0.2, 0.25) is 5.02 Å². The Bertz CT molecular complexity index is 1410. The van der Waals surface area contributed by atoms with Crippen LogP contribution in [0.1, 0.15) is 28.8 Å². The van der Waals surface area contributed by atoms with Crippen molar-refractivity contribution < 1.29 is 28.0 Å². The van der Waals surface area contributed by atoms with Crippen LogP contribution in [0.3, 0.4) is 0 Å². The molecule has 1 atom stereocenters. The second-order valence-corrected chi connectivity index (χ2v) is 10.4. The third-order valence-electron chi connectivity index (χ3n) is 5.55. The van der Waals surface area contributed by atoms with E-state index in [2.05, 4.69) is 10.0 Å². The number of hydrogen-bond donors (Lipinski definition) is 3. The summed E-state index contributed by atoms with van der Waals surface area (Å²) >= 11 is 5.89. The lowest BCUT2D eigenvalue weighted by molar-refractivity contribution is -0.385. The Morgan fingerprint density at radius 3 is 2.16 bits per heavy atom. The number of nitrogens with one attached hydrogen (secondary N) is 2. The van der Waals surface area contributed by atoms with Gasteiger partial charge in [0.1, 0.15) is 6.04 Å². The van der Waals surface area contributed by atoms with Gasteiger partial charge in [0.05, 0.1) is 9.82 Å². The number of halogens is 1. The fraction of sp³-hybridized carbons (Fsp3) is 0.200. The molecule has 0 aromatic heterocycles. The number of carboxylic acids is 1. The monoisotopic (exact) mass is 545 g/mol. The molecule has 0 heterocycles. The number of aliphatic carboxylic acids is 1. The maximum absolute atomic E-state index is 12.8. The Morgan fingerprint density at radius 2 is 1.62 bits per heavy atom. The van der Waals surface area contributed by atoms with Crippen LogP contribution in [-0.4, -0.2) is 42.9 Å². The van der Waals surface area contributed by atoms with E-state index in [1.807, 2.05) is 0 Å². The number of benzene rings is 3. The van der Waals surface area contributed by atoms with Gasteiger partial charge >= 0.3 is 5.97 Å². The smallest absolute Gasteiger partial charge is 0.321 e. The zero-order valence-electron chi connectivity index (χ0n) is 19.7. The van der Waals surface area contributed by atoms with Gasteiger partial charge < -0.3 is 10.4 Å². The number of sulfonamides is 1. The first-order valence-corrected chi connectivity index (χ1v) is 13.0. The maximum atomic E-state index is 12.8. The first-order chi connectivity index (χ1) is 17.5. The minimum Gasteiger partial charge on any atom is -0.480 e. The molecule has 3 aromatic carbocycles. The summed E-state index contributed by atoms with van der Waals surface area (Å²) in [6.07, 6.45) is 0.101. The summed E-state index contributed by atoms with van der Waals surface area (Å²) in [4.78, 5) is 34.3. The molecule has 0 spiro atoms. The second-order valence-electron chi connectivity index (χ2n) is 8.20.